The summed E-state index contributed by atoms with van der Waals surface area (Å²) >= 11 is 0. The zero-order valence-corrected chi connectivity index (χ0v) is 10.0. The first-order chi connectivity index (χ1) is 9.06. The average Bonchev–Trinajstić information content (AvgIpc) is 2.78. The molecule has 96 valence electrons. The number of nitrogen functional groups attached to an aromatic ring is 3. The van der Waals surface area contributed by atoms with Crippen molar-refractivity contribution in [1.29, 1.82) is 0 Å². The number of H-pyrrole nitrogens is 1. The highest BCUT2D eigenvalue weighted by molar-refractivity contribution is 5.95. The number of phenolic OH excluding ortho intramolecular Hbond substituents is 1. The van der Waals surface area contributed by atoms with Crippen molar-refractivity contribution in [1.82, 2.24) is 9.97 Å². The molecule has 0 bridgehead atoms. The Bertz CT molecular complexity index is 778. The Morgan fingerprint density at radius 3 is 2.58 bits per heavy atom. The molecule has 1 heterocycles. The van der Waals surface area contributed by atoms with Crippen molar-refractivity contribution < 1.29 is 5.11 Å². The van der Waals surface area contributed by atoms with Gasteiger partial charge in [0.25, 0.3) is 0 Å². The van der Waals surface area contributed by atoms with Crippen LogP contribution in [0.15, 0.2) is 30.3 Å². The van der Waals surface area contributed by atoms with Crippen LogP contribution in [-0.4, -0.2) is 15.1 Å². The predicted molar refractivity (Wildman–Crippen MR) is 76.4 cm³/mol. The minimum atomic E-state index is 0.0607. The largest absolute Gasteiger partial charge is 0.507 e. The second-order valence-electron chi connectivity index (χ2n) is 4.33. The molecule has 0 amide bonds. The van der Waals surface area contributed by atoms with Gasteiger partial charge in [0.15, 0.2) is 0 Å². The van der Waals surface area contributed by atoms with Crippen LogP contribution in [0.5, 0.6) is 5.75 Å². The van der Waals surface area contributed by atoms with Crippen LogP contribution in [0, 0.1) is 0 Å². The van der Waals surface area contributed by atoms with E-state index < -0.39 is 0 Å². The molecule has 2 aromatic carbocycles. The number of aromatic nitrogens is 2. The van der Waals surface area contributed by atoms with E-state index in [1.54, 1.807) is 24.3 Å². The summed E-state index contributed by atoms with van der Waals surface area (Å²) in [6.07, 6.45) is 0. The van der Waals surface area contributed by atoms with Crippen LogP contribution in [-0.2, 0) is 0 Å². The van der Waals surface area contributed by atoms with E-state index in [1.165, 1.54) is 6.07 Å². The summed E-state index contributed by atoms with van der Waals surface area (Å²) in [6.45, 7) is 0. The van der Waals surface area contributed by atoms with Gasteiger partial charge in [0, 0.05) is 11.8 Å². The number of rotatable bonds is 1. The van der Waals surface area contributed by atoms with Gasteiger partial charge in [-0.25, -0.2) is 4.98 Å². The Kier molecular flexibility index (Phi) is 2.25. The Hall–Kier alpha value is -2.89. The van der Waals surface area contributed by atoms with E-state index in [2.05, 4.69) is 9.97 Å². The van der Waals surface area contributed by atoms with Crippen molar-refractivity contribution in [3.8, 4) is 17.1 Å². The number of aromatic hydroxyl groups is 1. The molecule has 3 rings (SSSR count). The number of anilines is 3. The minimum Gasteiger partial charge on any atom is -0.507 e. The van der Waals surface area contributed by atoms with Gasteiger partial charge in [0.2, 0.25) is 0 Å². The van der Waals surface area contributed by atoms with Crippen molar-refractivity contribution in [3.05, 3.63) is 30.3 Å². The summed E-state index contributed by atoms with van der Waals surface area (Å²) < 4.78 is 0. The van der Waals surface area contributed by atoms with Crippen LogP contribution in [0.4, 0.5) is 17.1 Å². The second-order valence-corrected chi connectivity index (χ2v) is 4.33. The quantitative estimate of drug-likeness (QED) is 0.423. The van der Waals surface area contributed by atoms with Gasteiger partial charge in [-0.1, -0.05) is 0 Å². The first-order valence-corrected chi connectivity index (χ1v) is 5.69. The van der Waals surface area contributed by atoms with Gasteiger partial charge < -0.3 is 27.3 Å². The number of phenols is 1. The maximum atomic E-state index is 9.90. The molecule has 0 saturated heterocycles. The topological polar surface area (TPSA) is 127 Å². The maximum absolute atomic E-state index is 9.90. The highest BCUT2D eigenvalue weighted by atomic mass is 16.3. The molecule has 8 N–H and O–H groups in total. The van der Waals surface area contributed by atoms with Gasteiger partial charge in [-0.2, -0.15) is 0 Å². The Balaban J connectivity index is 2.23. The number of benzene rings is 2. The van der Waals surface area contributed by atoms with E-state index in [-0.39, 0.29) is 5.75 Å². The van der Waals surface area contributed by atoms with Gasteiger partial charge in [0.1, 0.15) is 17.1 Å². The third-order valence-corrected chi connectivity index (χ3v) is 3.00. The molecular formula is C13H13N5O. The number of nitrogens with two attached hydrogens (primary N) is 3. The Labute approximate surface area is 108 Å². The molecule has 0 atom stereocenters. The number of fused-ring (bicyclic) bond motifs is 1. The van der Waals surface area contributed by atoms with Crippen molar-refractivity contribution in [2.75, 3.05) is 17.2 Å². The van der Waals surface area contributed by atoms with E-state index in [0.29, 0.717) is 34.0 Å². The summed E-state index contributed by atoms with van der Waals surface area (Å²) in [5.74, 6) is 0.579. The predicted octanol–water partition coefficient (Wildman–Crippen LogP) is 1.68. The van der Waals surface area contributed by atoms with Gasteiger partial charge in [-0.3, -0.25) is 0 Å². The lowest BCUT2D eigenvalue weighted by Gasteiger charge is -2.01. The maximum Gasteiger partial charge on any atom is 0.142 e. The smallest absolute Gasteiger partial charge is 0.142 e. The van der Waals surface area contributed by atoms with E-state index in [4.69, 9.17) is 17.2 Å². The summed E-state index contributed by atoms with van der Waals surface area (Å²) in [4.78, 5) is 7.47. The molecule has 1 aromatic heterocycles. The van der Waals surface area contributed by atoms with Gasteiger partial charge >= 0.3 is 0 Å². The van der Waals surface area contributed by atoms with Crippen molar-refractivity contribution in [2.45, 2.75) is 0 Å². The fourth-order valence-electron chi connectivity index (χ4n) is 1.99. The Morgan fingerprint density at radius 1 is 1.05 bits per heavy atom. The number of nitrogens with one attached hydrogen (secondary N) is 1. The van der Waals surface area contributed by atoms with Crippen LogP contribution >= 0.6 is 0 Å². The monoisotopic (exact) mass is 255 g/mol. The van der Waals surface area contributed by atoms with E-state index in [9.17, 15) is 5.11 Å². The lowest BCUT2D eigenvalue weighted by atomic mass is 10.2. The van der Waals surface area contributed by atoms with E-state index in [1.807, 2.05) is 0 Å². The molecule has 0 spiro atoms. The molecule has 0 radical (unpaired) electrons. The third-order valence-electron chi connectivity index (χ3n) is 3.00. The normalized spacial score (nSPS) is 10.9. The number of aromatic amines is 1. The molecule has 3 aromatic rings. The number of hydrogen-bond acceptors (Lipinski definition) is 5. The average molecular weight is 255 g/mol. The minimum absolute atomic E-state index is 0.0607. The summed E-state index contributed by atoms with van der Waals surface area (Å²) in [7, 11) is 0. The van der Waals surface area contributed by atoms with Crippen molar-refractivity contribution in [3.63, 3.8) is 0 Å². The first-order valence-electron chi connectivity index (χ1n) is 5.69. The molecule has 0 fully saturated rings. The fraction of sp³-hybridized carbons (Fsp3) is 0. The Morgan fingerprint density at radius 2 is 1.84 bits per heavy atom. The molecule has 0 unspecified atom stereocenters. The SMILES string of the molecule is Nc1ccc(-c2nc3c(N)c(N)ccc3[nH]2)c(O)c1. The standard InChI is InChI=1S/C13H13N5O/c14-6-1-2-7(10(19)5-6)13-17-9-4-3-8(15)11(16)12(9)18-13/h1-5,19H,14-16H2,(H,17,18). The number of hydrogen-bond donors (Lipinski definition) is 5. The molecular weight excluding hydrogens is 242 g/mol. The summed E-state index contributed by atoms with van der Waals surface area (Å²) in [5.41, 5.74) is 20.5. The zero-order chi connectivity index (χ0) is 13.6. The number of nitrogens with zero attached hydrogens (tertiary/aromatic N) is 1. The zero-order valence-electron chi connectivity index (χ0n) is 10.0. The summed E-state index contributed by atoms with van der Waals surface area (Å²) in [5, 5.41) is 9.90. The number of imidazole rings is 1. The van der Waals surface area contributed by atoms with Crippen LogP contribution in [0.2, 0.25) is 0 Å². The van der Waals surface area contributed by atoms with E-state index >= 15 is 0 Å². The highest BCUT2D eigenvalue weighted by Gasteiger charge is 2.12. The second kappa shape index (κ2) is 3.81. The van der Waals surface area contributed by atoms with Crippen LogP contribution in [0.3, 0.4) is 0 Å². The molecule has 0 aliphatic heterocycles. The lowest BCUT2D eigenvalue weighted by molar-refractivity contribution is 0.477. The van der Waals surface area contributed by atoms with Gasteiger partial charge in [-0.15, -0.1) is 0 Å². The first kappa shape index (κ1) is 11.2. The lowest BCUT2D eigenvalue weighted by Crippen LogP contribution is -1.94. The molecule has 6 heteroatoms. The molecule has 0 aliphatic rings. The van der Waals surface area contributed by atoms with Crippen LogP contribution in [0.25, 0.3) is 22.4 Å². The molecule has 0 saturated carbocycles. The highest BCUT2D eigenvalue weighted by Crippen LogP contribution is 2.32. The summed E-state index contributed by atoms with van der Waals surface area (Å²) in [6, 6.07) is 8.37. The fourth-order valence-corrected chi connectivity index (χ4v) is 1.99. The van der Waals surface area contributed by atoms with E-state index in [0.717, 1.165) is 5.52 Å². The van der Waals surface area contributed by atoms with Crippen molar-refractivity contribution in [2.24, 2.45) is 0 Å². The van der Waals surface area contributed by atoms with Crippen LogP contribution < -0.4 is 17.2 Å². The molecule has 19 heavy (non-hydrogen) atoms. The third kappa shape index (κ3) is 1.70. The van der Waals surface area contributed by atoms with Crippen molar-refractivity contribution >= 4 is 28.1 Å². The van der Waals surface area contributed by atoms with Crippen LogP contribution in [0.1, 0.15) is 0 Å². The molecule has 0 aliphatic carbocycles. The molecule has 6 nitrogen and oxygen atoms in total. The van der Waals surface area contributed by atoms with Gasteiger partial charge in [0.05, 0.1) is 22.5 Å². The van der Waals surface area contributed by atoms with Gasteiger partial charge in [-0.05, 0) is 24.3 Å².